The molecule has 0 saturated carbocycles. The summed E-state index contributed by atoms with van der Waals surface area (Å²) in [6, 6.07) is 6.57. The van der Waals surface area contributed by atoms with E-state index in [-0.39, 0.29) is 17.6 Å². The molecule has 8 heteroatoms. The maximum atomic E-state index is 12.3. The molecule has 3 aromatic rings. The van der Waals surface area contributed by atoms with E-state index < -0.39 is 0 Å². The van der Waals surface area contributed by atoms with E-state index in [2.05, 4.69) is 15.6 Å². The van der Waals surface area contributed by atoms with Crippen molar-refractivity contribution < 1.29 is 14.0 Å². The SMILES string of the molecule is CCc1nc(NC(=O)c2ccc(NC(=O)c3ccco3)s2)sc1C. The van der Waals surface area contributed by atoms with Crippen molar-refractivity contribution in [3.05, 3.63) is 51.7 Å². The number of thiophene rings is 1. The van der Waals surface area contributed by atoms with E-state index in [4.69, 9.17) is 4.42 Å². The zero-order chi connectivity index (χ0) is 17.1. The molecule has 0 fully saturated rings. The molecule has 0 aromatic carbocycles. The van der Waals surface area contributed by atoms with Gasteiger partial charge in [-0.2, -0.15) is 0 Å². The standard InChI is InChI=1S/C16H15N3O3S2/c1-3-10-9(2)23-16(17-10)19-15(21)12-6-7-13(24-12)18-14(20)11-5-4-8-22-11/h4-8H,3H2,1-2H3,(H,18,20)(H,17,19,21). The Balaban J connectivity index is 1.66. The molecule has 2 N–H and O–H groups in total. The van der Waals surface area contributed by atoms with Crippen LogP contribution in [0.5, 0.6) is 0 Å². The van der Waals surface area contributed by atoms with Crippen LogP contribution >= 0.6 is 22.7 Å². The van der Waals surface area contributed by atoms with Gasteiger partial charge in [0.2, 0.25) is 0 Å². The van der Waals surface area contributed by atoms with Crippen molar-refractivity contribution in [1.29, 1.82) is 0 Å². The van der Waals surface area contributed by atoms with Gasteiger partial charge < -0.3 is 9.73 Å². The summed E-state index contributed by atoms with van der Waals surface area (Å²) in [7, 11) is 0. The van der Waals surface area contributed by atoms with Crippen molar-refractivity contribution in [3.8, 4) is 0 Å². The molecule has 3 aromatic heterocycles. The first-order valence-corrected chi connectivity index (χ1v) is 8.92. The number of hydrogen-bond donors (Lipinski definition) is 2. The molecule has 0 aliphatic carbocycles. The Hall–Kier alpha value is -2.45. The molecular weight excluding hydrogens is 346 g/mol. The summed E-state index contributed by atoms with van der Waals surface area (Å²) in [5.74, 6) is -0.369. The van der Waals surface area contributed by atoms with Gasteiger partial charge in [-0.1, -0.05) is 6.92 Å². The molecule has 3 heterocycles. The normalized spacial score (nSPS) is 10.6. The van der Waals surface area contributed by atoms with Crippen LogP contribution in [0.4, 0.5) is 10.1 Å². The first kappa shape index (κ1) is 16.4. The molecule has 0 aliphatic heterocycles. The average molecular weight is 361 g/mol. The highest BCUT2D eigenvalue weighted by molar-refractivity contribution is 7.18. The zero-order valence-electron chi connectivity index (χ0n) is 13.1. The maximum absolute atomic E-state index is 12.3. The van der Waals surface area contributed by atoms with E-state index in [0.29, 0.717) is 15.0 Å². The Labute approximate surface area is 146 Å². The van der Waals surface area contributed by atoms with E-state index in [1.807, 2.05) is 13.8 Å². The molecule has 24 heavy (non-hydrogen) atoms. The number of rotatable bonds is 5. The number of amides is 2. The van der Waals surface area contributed by atoms with Crippen LogP contribution in [0.1, 0.15) is 37.7 Å². The minimum absolute atomic E-state index is 0.222. The smallest absolute Gasteiger partial charge is 0.291 e. The predicted molar refractivity (Wildman–Crippen MR) is 95.2 cm³/mol. The van der Waals surface area contributed by atoms with Crippen molar-refractivity contribution in [2.75, 3.05) is 10.6 Å². The first-order chi connectivity index (χ1) is 11.6. The van der Waals surface area contributed by atoms with Crippen molar-refractivity contribution >= 4 is 44.6 Å². The second-order valence-electron chi connectivity index (χ2n) is 4.92. The summed E-state index contributed by atoms with van der Waals surface area (Å²) in [5.41, 5.74) is 0.993. The largest absolute Gasteiger partial charge is 0.459 e. The summed E-state index contributed by atoms with van der Waals surface area (Å²) in [6.07, 6.45) is 2.27. The number of nitrogens with zero attached hydrogens (tertiary/aromatic N) is 1. The second-order valence-corrected chi connectivity index (χ2v) is 7.21. The zero-order valence-corrected chi connectivity index (χ0v) is 14.7. The lowest BCUT2D eigenvalue weighted by atomic mass is 10.3. The monoisotopic (exact) mass is 361 g/mol. The van der Waals surface area contributed by atoms with Gasteiger partial charge in [0.05, 0.1) is 21.8 Å². The van der Waals surface area contributed by atoms with Crippen LogP contribution in [0, 0.1) is 6.92 Å². The summed E-state index contributed by atoms with van der Waals surface area (Å²) >= 11 is 2.65. The van der Waals surface area contributed by atoms with Crippen LogP contribution in [-0.4, -0.2) is 16.8 Å². The van der Waals surface area contributed by atoms with Crippen LogP contribution in [0.2, 0.25) is 0 Å². The predicted octanol–water partition coefficient (Wildman–Crippen LogP) is 4.17. The highest BCUT2D eigenvalue weighted by Crippen LogP contribution is 2.26. The molecule has 0 saturated heterocycles. The van der Waals surface area contributed by atoms with Gasteiger partial charge in [0.1, 0.15) is 0 Å². The third kappa shape index (κ3) is 3.55. The fraction of sp³-hybridized carbons (Fsp3) is 0.188. The van der Waals surface area contributed by atoms with E-state index in [0.717, 1.165) is 17.0 Å². The number of carbonyl (C=O) groups excluding carboxylic acids is 2. The van der Waals surface area contributed by atoms with Gasteiger partial charge in [-0.05, 0) is 37.6 Å². The van der Waals surface area contributed by atoms with Gasteiger partial charge in [0, 0.05) is 4.88 Å². The van der Waals surface area contributed by atoms with Gasteiger partial charge >= 0.3 is 0 Å². The topological polar surface area (TPSA) is 84.2 Å². The third-order valence-corrected chi connectivity index (χ3v) is 5.19. The van der Waals surface area contributed by atoms with E-state index >= 15 is 0 Å². The Morgan fingerprint density at radius 2 is 2.00 bits per heavy atom. The van der Waals surface area contributed by atoms with Gasteiger partial charge in [-0.15, -0.1) is 22.7 Å². The number of aromatic nitrogens is 1. The first-order valence-electron chi connectivity index (χ1n) is 7.29. The summed E-state index contributed by atoms with van der Waals surface area (Å²) in [4.78, 5) is 30.2. The number of furan rings is 1. The van der Waals surface area contributed by atoms with Gasteiger partial charge in [-0.3, -0.25) is 14.9 Å². The number of carbonyl (C=O) groups is 2. The summed E-state index contributed by atoms with van der Waals surface area (Å²) in [5, 5.41) is 6.66. The third-order valence-electron chi connectivity index (χ3n) is 3.26. The second kappa shape index (κ2) is 6.98. The fourth-order valence-corrected chi connectivity index (χ4v) is 3.77. The highest BCUT2D eigenvalue weighted by Gasteiger charge is 2.15. The molecule has 0 atom stereocenters. The van der Waals surface area contributed by atoms with Crippen molar-refractivity contribution in [1.82, 2.24) is 4.98 Å². The van der Waals surface area contributed by atoms with Crippen LogP contribution in [0.3, 0.4) is 0 Å². The van der Waals surface area contributed by atoms with Gasteiger partial charge in [0.25, 0.3) is 11.8 Å². The molecule has 0 unspecified atom stereocenters. The Bertz CT molecular complexity index is 865. The van der Waals surface area contributed by atoms with E-state index in [1.165, 1.54) is 28.9 Å². The molecule has 2 amide bonds. The Morgan fingerprint density at radius 1 is 1.17 bits per heavy atom. The lowest BCUT2D eigenvalue weighted by molar-refractivity contribution is 0.0995. The van der Waals surface area contributed by atoms with Gasteiger partial charge in [-0.25, -0.2) is 4.98 Å². The molecule has 0 spiro atoms. The van der Waals surface area contributed by atoms with Crippen LogP contribution in [0.15, 0.2) is 34.9 Å². The maximum Gasteiger partial charge on any atom is 0.291 e. The van der Waals surface area contributed by atoms with E-state index in [9.17, 15) is 9.59 Å². The molecule has 6 nitrogen and oxygen atoms in total. The van der Waals surface area contributed by atoms with Crippen LogP contribution < -0.4 is 10.6 Å². The van der Waals surface area contributed by atoms with Crippen molar-refractivity contribution in [2.24, 2.45) is 0 Å². The molecule has 124 valence electrons. The van der Waals surface area contributed by atoms with Crippen molar-refractivity contribution in [2.45, 2.75) is 20.3 Å². The highest BCUT2D eigenvalue weighted by atomic mass is 32.1. The molecule has 0 bridgehead atoms. The number of nitrogens with one attached hydrogen (secondary N) is 2. The van der Waals surface area contributed by atoms with Crippen molar-refractivity contribution in [3.63, 3.8) is 0 Å². The lowest BCUT2D eigenvalue weighted by Crippen LogP contribution is -2.10. The van der Waals surface area contributed by atoms with Crippen LogP contribution in [0.25, 0.3) is 0 Å². The molecule has 3 rings (SSSR count). The molecular formula is C16H15N3O3S2. The minimum atomic E-state index is -0.350. The van der Waals surface area contributed by atoms with E-state index in [1.54, 1.807) is 24.3 Å². The molecule has 0 radical (unpaired) electrons. The molecule has 0 aliphatic rings. The number of thiazole rings is 1. The summed E-state index contributed by atoms with van der Waals surface area (Å²) < 4.78 is 5.03. The lowest BCUT2D eigenvalue weighted by Gasteiger charge is -1.99. The Morgan fingerprint density at radius 3 is 2.67 bits per heavy atom. The minimum Gasteiger partial charge on any atom is -0.459 e. The van der Waals surface area contributed by atoms with Gasteiger partial charge in [0.15, 0.2) is 10.9 Å². The number of anilines is 2. The summed E-state index contributed by atoms with van der Waals surface area (Å²) in [6.45, 7) is 4.01. The quantitative estimate of drug-likeness (QED) is 0.714. The Kier molecular flexibility index (Phi) is 4.77. The van der Waals surface area contributed by atoms with Crippen LogP contribution in [-0.2, 0) is 6.42 Å². The number of hydrogen-bond acceptors (Lipinski definition) is 6. The fourth-order valence-electron chi connectivity index (χ4n) is 2.08. The average Bonchev–Trinajstić information content (AvgIpc) is 3.27. The number of aryl methyl sites for hydroxylation is 2.